The normalized spacial score (nSPS) is 11.3. The lowest BCUT2D eigenvalue weighted by atomic mass is 10.2. The molecule has 0 bridgehead atoms. The third-order valence-electron chi connectivity index (χ3n) is 4.06. The summed E-state index contributed by atoms with van der Waals surface area (Å²) in [5.41, 5.74) is 2.76. The van der Waals surface area contributed by atoms with Crippen LogP contribution in [0.25, 0.3) is 15.9 Å². The number of carbonyl (C=O) groups excluding carboxylic acids is 1. The molecule has 3 aromatic heterocycles. The Bertz CT molecular complexity index is 1040. The Kier molecular flexibility index (Phi) is 4.99. The van der Waals surface area contributed by atoms with E-state index >= 15 is 0 Å². The maximum Gasteiger partial charge on any atom is 0.220 e. The number of aromatic nitrogens is 3. The van der Waals surface area contributed by atoms with E-state index in [1.54, 1.807) is 11.3 Å². The molecule has 0 atom stereocenters. The number of hydrogen-bond donors (Lipinski definition) is 1. The lowest BCUT2D eigenvalue weighted by molar-refractivity contribution is -0.121. The van der Waals surface area contributed by atoms with Gasteiger partial charge in [-0.15, -0.1) is 11.3 Å². The second-order valence-electron chi connectivity index (χ2n) is 6.05. The molecule has 0 aliphatic rings. The Morgan fingerprint density at radius 3 is 2.92 bits per heavy atom. The third kappa shape index (κ3) is 3.94. The second-order valence-corrected chi connectivity index (χ2v) is 8.08. The van der Waals surface area contributed by atoms with Crippen molar-refractivity contribution in [3.8, 4) is 0 Å². The number of thiazole rings is 1. The van der Waals surface area contributed by atoms with E-state index in [0.29, 0.717) is 13.0 Å². The molecule has 1 aromatic carbocycles. The first kappa shape index (κ1) is 17.2. The van der Waals surface area contributed by atoms with Crippen LogP contribution in [0.15, 0.2) is 53.3 Å². The van der Waals surface area contributed by atoms with Crippen LogP contribution in [-0.4, -0.2) is 20.3 Å². The van der Waals surface area contributed by atoms with Crippen LogP contribution in [0, 0.1) is 0 Å². The number of aryl methyl sites for hydroxylation is 1. The number of rotatable bonds is 6. The van der Waals surface area contributed by atoms with Crippen LogP contribution in [0.4, 0.5) is 0 Å². The van der Waals surface area contributed by atoms with Crippen molar-refractivity contribution < 1.29 is 4.79 Å². The van der Waals surface area contributed by atoms with Gasteiger partial charge in [0.05, 0.1) is 27.5 Å². The number of halogens is 1. The van der Waals surface area contributed by atoms with Crippen molar-refractivity contribution in [3.05, 3.63) is 64.0 Å². The molecule has 0 saturated carbocycles. The van der Waals surface area contributed by atoms with E-state index < -0.39 is 0 Å². The zero-order valence-corrected chi connectivity index (χ0v) is 16.4. The highest BCUT2D eigenvalue weighted by Crippen LogP contribution is 2.22. The molecule has 0 spiro atoms. The van der Waals surface area contributed by atoms with Crippen LogP contribution in [-0.2, 0) is 17.8 Å². The number of amides is 1. The van der Waals surface area contributed by atoms with Crippen LogP contribution in [0.1, 0.15) is 23.5 Å². The topological polar surface area (TPSA) is 59.3 Å². The summed E-state index contributed by atoms with van der Waals surface area (Å²) in [4.78, 5) is 21.2. The number of hydrogen-bond acceptors (Lipinski definition) is 4. The molecule has 1 amide bonds. The van der Waals surface area contributed by atoms with Gasteiger partial charge in [0.2, 0.25) is 5.91 Å². The van der Waals surface area contributed by atoms with Crippen molar-refractivity contribution in [1.82, 2.24) is 19.7 Å². The average molecular weight is 429 g/mol. The first-order valence-electron chi connectivity index (χ1n) is 8.42. The minimum Gasteiger partial charge on any atom is -0.350 e. The highest BCUT2D eigenvalue weighted by atomic mass is 79.9. The molecule has 7 heteroatoms. The first-order chi connectivity index (χ1) is 12.7. The lowest BCUT2D eigenvalue weighted by Gasteiger charge is -2.02. The molecule has 0 fully saturated rings. The Balaban J connectivity index is 1.26. The summed E-state index contributed by atoms with van der Waals surface area (Å²) >= 11 is 5.14. The highest BCUT2D eigenvalue weighted by molar-refractivity contribution is 9.10. The first-order valence-corrected chi connectivity index (χ1v) is 10.0. The number of nitrogens with one attached hydrogen (secondary N) is 1. The van der Waals surface area contributed by atoms with Crippen molar-refractivity contribution in [2.75, 3.05) is 0 Å². The summed E-state index contributed by atoms with van der Waals surface area (Å²) in [6.07, 6.45) is 6.00. The Labute approximate surface area is 163 Å². The van der Waals surface area contributed by atoms with E-state index in [2.05, 4.69) is 37.3 Å². The molecule has 5 nitrogen and oxygen atoms in total. The smallest absolute Gasteiger partial charge is 0.220 e. The second kappa shape index (κ2) is 7.55. The fourth-order valence-electron chi connectivity index (χ4n) is 2.81. The number of nitrogens with zero attached hydrogens (tertiary/aromatic N) is 3. The van der Waals surface area contributed by atoms with Crippen LogP contribution >= 0.6 is 27.3 Å². The summed E-state index contributed by atoms with van der Waals surface area (Å²) in [5.74, 6) is 0.0457. The summed E-state index contributed by atoms with van der Waals surface area (Å²) < 4.78 is 4.14. The predicted octanol–water partition coefficient (Wildman–Crippen LogP) is 4.35. The average Bonchev–Trinajstić information content (AvgIpc) is 3.22. The maximum atomic E-state index is 12.1. The maximum absolute atomic E-state index is 12.1. The minimum absolute atomic E-state index is 0.0457. The van der Waals surface area contributed by atoms with Gasteiger partial charge in [0, 0.05) is 23.3 Å². The Hall–Kier alpha value is -2.25. The Morgan fingerprint density at radius 2 is 2.04 bits per heavy atom. The van der Waals surface area contributed by atoms with E-state index in [9.17, 15) is 4.79 Å². The molecule has 3 heterocycles. The fraction of sp³-hybridized carbons (Fsp3) is 0.211. The van der Waals surface area contributed by atoms with Crippen molar-refractivity contribution in [1.29, 1.82) is 0 Å². The van der Waals surface area contributed by atoms with Crippen LogP contribution in [0.2, 0.25) is 0 Å². The SMILES string of the molecule is O=C(CCCc1nc2ccccc2s1)NCc1cn2cc(Br)ccc2n1. The van der Waals surface area contributed by atoms with E-state index in [1.165, 1.54) is 4.70 Å². The summed E-state index contributed by atoms with van der Waals surface area (Å²) in [7, 11) is 0. The van der Waals surface area contributed by atoms with E-state index in [1.807, 2.05) is 47.1 Å². The van der Waals surface area contributed by atoms with Gasteiger partial charge in [0.1, 0.15) is 5.65 Å². The van der Waals surface area contributed by atoms with Gasteiger partial charge in [0.15, 0.2) is 0 Å². The van der Waals surface area contributed by atoms with E-state index in [4.69, 9.17) is 0 Å². The highest BCUT2D eigenvalue weighted by Gasteiger charge is 2.07. The third-order valence-corrected chi connectivity index (χ3v) is 5.63. The number of para-hydroxylation sites is 1. The van der Waals surface area contributed by atoms with Crippen LogP contribution in [0.3, 0.4) is 0 Å². The zero-order valence-electron chi connectivity index (χ0n) is 14.0. The number of benzene rings is 1. The molecule has 1 N–H and O–H groups in total. The standard InChI is InChI=1S/C19H17BrN4OS/c20-13-8-9-17-22-14(12-24(17)11-13)10-21-18(25)6-3-7-19-23-15-4-1-2-5-16(15)26-19/h1-2,4-5,8-9,11-12H,3,6-7,10H2,(H,21,25). The fourth-order valence-corrected chi connectivity index (χ4v) is 4.17. The summed E-state index contributed by atoms with van der Waals surface area (Å²) in [5, 5.41) is 4.03. The molecular weight excluding hydrogens is 412 g/mol. The van der Waals surface area contributed by atoms with Gasteiger partial charge in [0.25, 0.3) is 0 Å². The van der Waals surface area contributed by atoms with Gasteiger partial charge in [-0.2, -0.15) is 0 Å². The van der Waals surface area contributed by atoms with Gasteiger partial charge in [-0.3, -0.25) is 4.79 Å². The van der Waals surface area contributed by atoms with Crippen molar-refractivity contribution in [3.63, 3.8) is 0 Å². The van der Waals surface area contributed by atoms with Crippen molar-refractivity contribution in [2.24, 2.45) is 0 Å². The van der Waals surface area contributed by atoms with E-state index in [0.717, 1.165) is 39.2 Å². The number of pyridine rings is 1. The minimum atomic E-state index is 0.0457. The molecule has 0 aliphatic heterocycles. The molecule has 0 saturated heterocycles. The molecule has 4 rings (SSSR count). The molecular formula is C19H17BrN4OS. The van der Waals surface area contributed by atoms with Gasteiger partial charge in [-0.25, -0.2) is 9.97 Å². The van der Waals surface area contributed by atoms with E-state index in [-0.39, 0.29) is 5.91 Å². The lowest BCUT2D eigenvalue weighted by Crippen LogP contribution is -2.22. The predicted molar refractivity (Wildman–Crippen MR) is 107 cm³/mol. The molecule has 26 heavy (non-hydrogen) atoms. The molecule has 132 valence electrons. The quantitative estimate of drug-likeness (QED) is 0.496. The van der Waals surface area contributed by atoms with Gasteiger partial charge in [-0.05, 0) is 53.0 Å². The molecule has 0 unspecified atom stereocenters. The van der Waals surface area contributed by atoms with Crippen molar-refractivity contribution >= 4 is 49.0 Å². The van der Waals surface area contributed by atoms with Crippen LogP contribution < -0.4 is 5.32 Å². The number of fused-ring (bicyclic) bond motifs is 2. The van der Waals surface area contributed by atoms with Gasteiger partial charge < -0.3 is 9.72 Å². The van der Waals surface area contributed by atoms with Gasteiger partial charge in [-0.1, -0.05) is 12.1 Å². The monoisotopic (exact) mass is 428 g/mol. The number of imidazole rings is 1. The zero-order chi connectivity index (χ0) is 17.9. The molecule has 0 aliphatic carbocycles. The number of carbonyl (C=O) groups is 1. The van der Waals surface area contributed by atoms with Crippen molar-refractivity contribution in [2.45, 2.75) is 25.8 Å². The molecule has 4 aromatic rings. The van der Waals surface area contributed by atoms with Crippen LogP contribution in [0.5, 0.6) is 0 Å². The van der Waals surface area contributed by atoms with Gasteiger partial charge >= 0.3 is 0 Å². The Morgan fingerprint density at radius 1 is 1.15 bits per heavy atom. The summed E-state index contributed by atoms with van der Waals surface area (Å²) in [6.45, 7) is 0.444. The largest absolute Gasteiger partial charge is 0.350 e. The molecule has 0 radical (unpaired) electrons. The summed E-state index contributed by atoms with van der Waals surface area (Å²) in [6, 6.07) is 12.0.